The lowest BCUT2D eigenvalue weighted by molar-refractivity contribution is -0.134. The van der Waals surface area contributed by atoms with Crippen LogP contribution in [0.15, 0.2) is 22.8 Å². The second-order valence-corrected chi connectivity index (χ2v) is 6.21. The van der Waals surface area contributed by atoms with Crippen LogP contribution in [-0.4, -0.2) is 84.8 Å². The zero-order valence-corrected chi connectivity index (χ0v) is 15.6. The van der Waals surface area contributed by atoms with Gasteiger partial charge >= 0.3 is 0 Å². The second-order valence-electron chi connectivity index (χ2n) is 6.21. The van der Waals surface area contributed by atoms with Gasteiger partial charge in [0.25, 0.3) is 5.91 Å². The molecule has 1 saturated heterocycles. The first-order chi connectivity index (χ1) is 12.5. The van der Waals surface area contributed by atoms with E-state index in [-0.39, 0.29) is 36.4 Å². The van der Waals surface area contributed by atoms with E-state index < -0.39 is 0 Å². The molecule has 8 heteroatoms. The number of hydrogen-bond acceptors (Lipinski definition) is 5. The molecule has 2 rings (SSSR count). The number of carbonyl (C=O) groups excluding carboxylic acids is 3. The SMILES string of the molecule is CCN(CC)C(=O)CN1CCN(C(=O)CCNC(=O)c2ccco2)CC1. The highest BCUT2D eigenvalue weighted by Crippen LogP contribution is 2.05. The van der Waals surface area contributed by atoms with E-state index in [1.54, 1.807) is 17.0 Å². The lowest BCUT2D eigenvalue weighted by atomic mass is 10.2. The van der Waals surface area contributed by atoms with Crippen LogP contribution in [0.25, 0.3) is 0 Å². The number of nitrogens with one attached hydrogen (secondary N) is 1. The number of amides is 3. The molecule has 0 spiro atoms. The van der Waals surface area contributed by atoms with Crippen LogP contribution >= 0.6 is 0 Å². The van der Waals surface area contributed by atoms with Crippen molar-refractivity contribution in [3.8, 4) is 0 Å². The van der Waals surface area contributed by atoms with Crippen molar-refractivity contribution in [2.45, 2.75) is 20.3 Å². The smallest absolute Gasteiger partial charge is 0.286 e. The quantitative estimate of drug-likeness (QED) is 0.722. The molecular weight excluding hydrogens is 336 g/mol. The maximum absolute atomic E-state index is 12.3. The van der Waals surface area contributed by atoms with Crippen LogP contribution in [0.3, 0.4) is 0 Å². The zero-order chi connectivity index (χ0) is 18.9. The predicted molar refractivity (Wildman–Crippen MR) is 96.6 cm³/mol. The summed E-state index contributed by atoms with van der Waals surface area (Å²) in [6.45, 7) is 8.67. The van der Waals surface area contributed by atoms with Crippen molar-refractivity contribution in [1.29, 1.82) is 0 Å². The fraction of sp³-hybridized carbons (Fsp3) is 0.611. The standard InChI is InChI=1S/C18H28N4O4/c1-3-21(4-2)17(24)14-20-9-11-22(12-10-20)16(23)7-8-19-18(25)15-6-5-13-26-15/h5-6,13H,3-4,7-12,14H2,1-2H3,(H,19,25). The average molecular weight is 364 g/mol. The molecule has 1 fully saturated rings. The molecule has 1 aromatic heterocycles. The van der Waals surface area contributed by atoms with Gasteiger partial charge in [0.1, 0.15) is 0 Å². The summed E-state index contributed by atoms with van der Waals surface area (Å²) >= 11 is 0. The molecule has 3 amide bonds. The van der Waals surface area contributed by atoms with Gasteiger partial charge in [-0.1, -0.05) is 0 Å². The first kappa shape index (κ1) is 20.0. The van der Waals surface area contributed by atoms with Gasteiger partial charge in [-0.15, -0.1) is 0 Å². The van der Waals surface area contributed by atoms with Gasteiger partial charge < -0.3 is 19.5 Å². The minimum atomic E-state index is -0.317. The van der Waals surface area contributed by atoms with Crippen LogP contribution in [-0.2, 0) is 9.59 Å². The van der Waals surface area contributed by atoms with Gasteiger partial charge in [-0.3, -0.25) is 19.3 Å². The van der Waals surface area contributed by atoms with E-state index in [1.165, 1.54) is 6.26 Å². The normalized spacial score (nSPS) is 14.9. The molecule has 1 aromatic rings. The fourth-order valence-corrected chi connectivity index (χ4v) is 2.96. The maximum Gasteiger partial charge on any atom is 0.286 e. The van der Waals surface area contributed by atoms with Gasteiger partial charge in [-0.05, 0) is 26.0 Å². The number of hydrogen-bond donors (Lipinski definition) is 1. The Bertz CT molecular complexity index is 590. The van der Waals surface area contributed by atoms with E-state index in [9.17, 15) is 14.4 Å². The summed E-state index contributed by atoms with van der Waals surface area (Å²) in [4.78, 5) is 41.8. The summed E-state index contributed by atoms with van der Waals surface area (Å²) in [6.07, 6.45) is 1.69. The Balaban J connectivity index is 1.66. The highest BCUT2D eigenvalue weighted by molar-refractivity contribution is 5.91. The summed E-state index contributed by atoms with van der Waals surface area (Å²) in [7, 11) is 0. The molecule has 26 heavy (non-hydrogen) atoms. The maximum atomic E-state index is 12.3. The Hall–Kier alpha value is -2.35. The van der Waals surface area contributed by atoms with Gasteiger partial charge in [0, 0.05) is 52.2 Å². The van der Waals surface area contributed by atoms with Crippen LogP contribution in [0, 0.1) is 0 Å². The lowest BCUT2D eigenvalue weighted by Gasteiger charge is -2.35. The van der Waals surface area contributed by atoms with Crippen molar-refractivity contribution in [2.24, 2.45) is 0 Å². The topological polar surface area (TPSA) is 86.1 Å². The van der Waals surface area contributed by atoms with Gasteiger partial charge in [-0.2, -0.15) is 0 Å². The van der Waals surface area contributed by atoms with Crippen LogP contribution in [0.2, 0.25) is 0 Å². The van der Waals surface area contributed by atoms with E-state index in [4.69, 9.17) is 4.42 Å². The number of carbonyl (C=O) groups is 3. The van der Waals surface area contributed by atoms with Crippen LogP contribution in [0.5, 0.6) is 0 Å². The first-order valence-electron chi connectivity index (χ1n) is 9.14. The summed E-state index contributed by atoms with van der Waals surface area (Å²) in [5.74, 6) is 0.0707. The first-order valence-corrected chi connectivity index (χ1v) is 9.14. The number of piperazine rings is 1. The predicted octanol–water partition coefficient (Wildman–Crippen LogP) is 0.412. The highest BCUT2D eigenvalue weighted by Gasteiger charge is 2.23. The largest absolute Gasteiger partial charge is 0.459 e. The molecule has 1 N–H and O–H groups in total. The monoisotopic (exact) mass is 364 g/mol. The summed E-state index contributed by atoms with van der Waals surface area (Å²) in [6, 6.07) is 3.22. The summed E-state index contributed by atoms with van der Waals surface area (Å²) < 4.78 is 5.00. The van der Waals surface area contributed by atoms with E-state index in [0.717, 1.165) is 13.1 Å². The van der Waals surface area contributed by atoms with Crippen molar-refractivity contribution in [1.82, 2.24) is 20.0 Å². The summed E-state index contributed by atoms with van der Waals surface area (Å²) in [5, 5.41) is 2.67. The second kappa shape index (κ2) is 9.96. The molecule has 1 aliphatic rings. The molecule has 0 saturated carbocycles. The Kier molecular flexibility index (Phi) is 7.65. The number of rotatable bonds is 8. The third-order valence-electron chi connectivity index (χ3n) is 4.57. The van der Waals surface area contributed by atoms with Crippen LogP contribution in [0.4, 0.5) is 0 Å². The number of likely N-dealkylation sites (N-methyl/N-ethyl adjacent to an activating group) is 1. The minimum absolute atomic E-state index is 0.0134. The Labute approximate surface area is 154 Å². The van der Waals surface area contributed by atoms with Crippen molar-refractivity contribution in [3.05, 3.63) is 24.2 Å². The molecule has 0 aromatic carbocycles. The van der Waals surface area contributed by atoms with E-state index in [0.29, 0.717) is 32.7 Å². The van der Waals surface area contributed by atoms with Crippen molar-refractivity contribution >= 4 is 17.7 Å². The Morgan fingerprint density at radius 3 is 2.42 bits per heavy atom. The molecule has 8 nitrogen and oxygen atoms in total. The summed E-state index contributed by atoms with van der Waals surface area (Å²) in [5.41, 5.74) is 0. The molecular formula is C18H28N4O4. The number of furan rings is 1. The highest BCUT2D eigenvalue weighted by atomic mass is 16.3. The lowest BCUT2D eigenvalue weighted by Crippen LogP contribution is -2.51. The van der Waals surface area contributed by atoms with Gasteiger partial charge in [-0.25, -0.2) is 0 Å². The molecule has 0 radical (unpaired) electrons. The Morgan fingerprint density at radius 1 is 1.15 bits per heavy atom. The van der Waals surface area contributed by atoms with E-state index in [2.05, 4.69) is 10.2 Å². The molecule has 2 heterocycles. The van der Waals surface area contributed by atoms with Crippen molar-refractivity contribution in [3.63, 3.8) is 0 Å². The minimum Gasteiger partial charge on any atom is -0.459 e. The zero-order valence-electron chi connectivity index (χ0n) is 15.6. The molecule has 0 atom stereocenters. The van der Waals surface area contributed by atoms with Gasteiger partial charge in [0.15, 0.2) is 5.76 Å². The average Bonchev–Trinajstić information content (AvgIpc) is 3.18. The van der Waals surface area contributed by atoms with Crippen molar-refractivity contribution in [2.75, 3.05) is 52.4 Å². The molecule has 0 unspecified atom stereocenters. The van der Waals surface area contributed by atoms with E-state index >= 15 is 0 Å². The van der Waals surface area contributed by atoms with Gasteiger partial charge in [0.2, 0.25) is 11.8 Å². The molecule has 0 bridgehead atoms. The molecule has 1 aliphatic heterocycles. The Morgan fingerprint density at radius 2 is 1.85 bits per heavy atom. The molecule has 144 valence electrons. The molecule has 0 aliphatic carbocycles. The fourth-order valence-electron chi connectivity index (χ4n) is 2.96. The van der Waals surface area contributed by atoms with Crippen molar-refractivity contribution < 1.29 is 18.8 Å². The third kappa shape index (κ3) is 5.59. The van der Waals surface area contributed by atoms with Crippen LogP contribution in [0.1, 0.15) is 30.8 Å². The van der Waals surface area contributed by atoms with E-state index in [1.807, 2.05) is 18.7 Å². The third-order valence-corrected chi connectivity index (χ3v) is 4.57. The van der Waals surface area contributed by atoms with Gasteiger partial charge in [0.05, 0.1) is 12.8 Å². The van der Waals surface area contributed by atoms with Crippen LogP contribution < -0.4 is 5.32 Å². The number of nitrogens with zero attached hydrogens (tertiary/aromatic N) is 3.